The van der Waals surface area contributed by atoms with Crippen molar-refractivity contribution in [1.82, 2.24) is 10.6 Å². The number of rotatable bonds is 8. The van der Waals surface area contributed by atoms with Crippen molar-refractivity contribution in [3.05, 3.63) is 65.0 Å². The van der Waals surface area contributed by atoms with Crippen molar-refractivity contribution >= 4 is 29.9 Å². The molecule has 0 unspecified atom stereocenters. The second-order valence-corrected chi connectivity index (χ2v) is 5.94. The van der Waals surface area contributed by atoms with E-state index in [0.717, 1.165) is 18.5 Å². The van der Waals surface area contributed by atoms with Crippen LogP contribution in [0.5, 0.6) is 0 Å². The Hall–Kier alpha value is -2.44. The van der Waals surface area contributed by atoms with Crippen molar-refractivity contribution in [2.75, 3.05) is 25.0 Å². The summed E-state index contributed by atoms with van der Waals surface area (Å²) in [6.07, 6.45) is 1.03. The van der Waals surface area contributed by atoms with Gasteiger partial charge in [0.25, 0.3) is 11.8 Å². The largest absolute Gasteiger partial charge is 0.351 e. The van der Waals surface area contributed by atoms with Crippen LogP contribution >= 0.6 is 12.4 Å². The monoisotopic (exact) mass is 393 g/mol. The van der Waals surface area contributed by atoms with Crippen LogP contribution in [0.15, 0.2) is 42.5 Å². The van der Waals surface area contributed by atoms with Gasteiger partial charge in [-0.3, -0.25) is 9.59 Å². The molecule has 0 spiro atoms. The zero-order chi connectivity index (χ0) is 18.9. The average molecular weight is 394 g/mol. The summed E-state index contributed by atoms with van der Waals surface area (Å²) in [5.74, 6) is -1.47. The first-order valence-electron chi connectivity index (χ1n) is 8.69. The van der Waals surface area contributed by atoms with Gasteiger partial charge in [-0.15, -0.1) is 12.4 Å². The summed E-state index contributed by atoms with van der Waals surface area (Å²) in [5.41, 5.74) is 1.40. The molecule has 0 fully saturated rings. The van der Waals surface area contributed by atoms with Crippen molar-refractivity contribution in [2.45, 2.75) is 20.3 Å². The second kappa shape index (κ2) is 11.3. The maximum Gasteiger partial charge on any atom is 0.258 e. The molecule has 5 nitrogen and oxygen atoms in total. The molecule has 0 atom stereocenters. The maximum atomic E-state index is 13.8. The van der Waals surface area contributed by atoms with Crippen molar-refractivity contribution in [3.8, 4) is 0 Å². The predicted molar refractivity (Wildman–Crippen MR) is 108 cm³/mol. The molecule has 0 radical (unpaired) electrons. The minimum Gasteiger partial charge on any atom is -0.351 e. The van der Waals surface area contributed by atoms with Crippen molar-refractivity contribution < 1.29 is 14.0 Å². The highest BCUT2D eigenvalue weighted by atomic mass is 35.5. The lowest BCUT2D eigenvalue weighted by Crippen LogP contribution is -2.32. The van der Waals surface area contributed by atoms with Gasteiger partial charge in [0.15, 0.2) is 0 Å². The fraction of sp³-hybridized carbons (Fsp3) is 0.300. The molecular formula is C20H25ClFN3O2. The molecule has 0 aliphatic rings. The molecule has 27 heavy (non-hydrogen) atoms. The Kier molecular flexibility index (Phi) is 9.47. The molecule has 0 heterocycles. The Morgan fingerprint density at radius 1 is 0.926 bits per heavy atom. The minimum absolute atomic E-state index is 0. The molecule has 3 N–H and O–H groups in total. The smallest absolute Gasteiger partial charge is 0.258 e. The summed E-state index contributed by atoms with van der Waals surface area (Å²) in [7, 11) is 0. The van der Waals surface area contributed by atoms with E-state index < -0.39 is 11.7 Å². The van der Waals surface area contributed by atoms with Gasteiger partial charge in [-0.25, -0.2) is 4.39 Å². The molecule has 0 bridgehead atoms. The Bertz CT molecular complexity index is 784. The van der Waals surface area contributed by atoms with Crippen LogP contribution in [0, 0.1) is 12.7 Å². The van der Waals surface area contributed by atoms with Gasteiger partial charge in [0, 0.05) is 13.1 Å². The van der Waals surface area contributed by atoms with Crippen LogP contribution in [0.2, 0.25) is 0 Å². The highest BCUT2D eigenvalue weighted by molar-refractivity contribution is 6.09. The molecule has 2 rings (SSSR count). The van der Waals surface area contributed by atoms with Gasteiger partial charge in [-0.2, -0.15) is 0 Å². The predicted octanol–water partition coefficient (Wildman–Crippen LogP) is 3.54. The third kappa shape index (κ3) is 6.34. The van der Waals surface area contributed by atoms with Crippen LogP contribution in [0.1, 0.15) is 39.6 Å². The average Bonchev–Trinajstić information content (AvgIpc) is 2.63. The van der Waals surface area contributed by atoms with Gasteiger partial charge < -0.3 is 16.0 Å². The number of benzene rings is 2. The van der Waals surface area contributed by atoms with Gasteiger partial charge in [0.1, 0.15) is 5.82 Å². The standard InChI is InChI=1S/C20H24FN3O2.ClH/c1-3-11-22-12-13-23-19(25)16-9-6-7-14(2)18(16)24-20(26)15-8-4-5-10-17(15)21;/h4-10,22H,3,11-13H2,1-2H3,(H,23,25)(H,24,26);1H. The van der Waals surface area contributed by atoms with Crippen LogP contribution in [-0.4, -0.2) is 31.4 Å². The Morgan fingerprint density at radius 2 is 1.63 bits per heavy atom. The van der Waals surface area contributed by atoms with Crippen LogP contribution in [0.3, 0.4) is 0 Å². The summed E-state index contributed by atoms with van der Waals surface area (Å²) in [4.78, 5) is 24.9. The molecule has 0 aliphatic carbocycles. The first-order chi connectivity index (χ1) is 12.5. The Labute approximate surface area is 165 Å². The molecule has 0 aliphatic heterocycles. The molecule has 0 saturated carbocycles. The number of nitrogens with one attached hydrogen (secondary N) is 3. The Morgan fingerprint density at radius 3 is 2.33 bits per heavy atom. The normalized spacial score (nSPS) is 10.0. The quantitative estimate of drug-likeness (QED) is 0.601. The van der Waals surface area contributed by atoms with Gasteiger partial charge in [-0.1, -0.05) is 31.2 Å². The first-order valence-corrected chi connectivity index (χ1v) is 8.69. The van der Waals surface area contributed by atoms with E-state index in [-0.39, 0.29) is 23.9 Å². The van der Waals surface area contributed by atoms with E-state index in [4.69, 9.17) is 0 Å². The zero-order valence-corrected chi connectivity index (χ0v) is 16.3. The fourth-order valence-corrected chi connectivity index (χ4v) is 2.51. The molecule has 2 amide bonds. The number of para-hydroxylation sites is 1. The third-order valence-electron chi connectivity index (χ3n) is 3.89. The zero-order valence-electron chi connectivity index (χ0n) is 15.5. The first kappa shape index (κ1) is 22.6. The van der Waals surface area contributed by atoms with Crippen LogP contribution < -0.4 is 16.0 Å². The molecule has 2 aromatic carbocycles. The van der Waals surface area contributed by atoms with E-state index in [2.05, 4.69) is 22.9 Å². The summed E-state index contributed by atoms with van der Waals surface area (Å²) < 4.78 is 13.8. The van der Waals surface area contributed by atoms with Crippen LogP contribution in [0.25, 0.3) is 0 Å². The highest BCUT2D eigenvalue weighted by Crippen LogP contribution is 2.22. The lowest BCUT2D eigenvalue weighted by atomic mass is 10.1. The highest BCUT2D eigenvalue weighted by Gasteiger charge is 2.17. The molecule has 7 heteroatoms. The van der Waals surface area contributed by atoms with Gasteiger partial charge in [0.05, 0.1) is 16.8 Å². The number of amides is 2. The van der Waals surface area contributed by atoms with E-state index in [0.29, 0.717) is 24.3 Å². The SMILES string of the molecule is CCCNCCNC(=O)c1cccc(C)c1NC(=O)c1ccccc1F.Cl. The van der Waals surface area contributed by atoms with E-state index in [1.807, 2.05) is 0 Å². The van der Waals surface area contributed by atoms with Gasteiger partial charge in [0.2, 0.25) is 0 Å². The van der Waals surface area contributed by atoms with E-state index in [1.54, 1.807) is 31.2 Å². The third-order valence-corrected chi connectivity index (χ3v) is 3.89. The summed E-state index contributed by atoms with van der Waals surface area (Å²) in [5, 5.41) is 8.70. The van der Waals surface area contributed by atoms with Crippen LogP contribution in [-0.2, 0) is 0 Å². The number of carbonyl (C=O) groups excluding carboxylic acids is 2. The number of carbonyl (C=O) groups is 2. The molecule has 0 saturated heterocycles. The molecule has 0 aromatic heterocycles. The van der Waals surface area contributed by atoms with Crippen molar-refractivity contribution in [1.29, 1.82) is 0 Å². The minimum atomic E-state index is -0.605. The maximum absolute atomic E-state index is 13.8. The number of halogens is 2. The number of hydrogen-bond acceptors (Lipinski definition) is 3. The van der Waals surface area contributed by atoms with Crippen molar-refractivity contribution in [3.63, 3.8) is 0 Å². The molecule has 146 valence electrons. The van der Waals surface area contributed by atoms with Gasteiger partial charge >= 0.3 is 0 Å². The van der Waals surface area contributed by atoms with E-state index in [1.165, 1.54) is 18.2 Å². The summed E-state index contributed by atoms with van der Waals surface area (Å²) >= 11 is 0. The van der Waals surface area contributed by atoms with E-state index >= 15 is 0 Å². The number of anilines is 1. The van der Waals surface area contributed by atoms with Gasteiger partial charge in [-0.05, 0) is 43.7 Å². The molecule has 2 aromatic rings. The van der Waals surface area contributed by atoms with Crippen molar-refractivity contribution in [2.24, 2.45) is 0 Å². The summed E-state index contributed by atoms with van der Waals surface area (Å²) in [6.45, 7) is 5.90. The fourth-order valence-electron chi connectivity index (χ4n) is 2.51. The molecular weight excluding hydrogens is 369 g/mol. The van der Waals surface area contributed by atoms with E-state index in [9.17, 15) is 14.0 Å². The lowest BCUT2D eigenvalue weighted by molar-refractivity contribution is 0.0954. The number of aryl methyl sites for hydroxylation is 1. The van der Waals surface area contributed by atoms with Crippen LogP contribution in [0.4, 0.5) is 10.1 Å². The Balaban J connectivity index is 0.00000364. The topological polar surface area (TPSA) is 70.2 Å². The second-order valence-electron chi connectivity index (χ2n) is 5.94. The summed E-state index contributed by atoms with van der Waals surface area (Å²) in [6, 6.07) is 10.9. The lowest BCUT2D eigenvalue weighted by Gasteiger charge is -2.14. The number of hydrogen-bond donors (Lipinski definition) is 3.